The third kappa shape index (κ3) is 10.2. The topological polar surface area (TPSA) is 108 Å². The van der Waals surface area contributed by atoms with Crippen molar-refractivity contribution in [3.63, 3.8) is 0 Å². The Balaban J connectivity index is 0.00000111. The van der Waals surface area contributed by atoms with Crippen LogP contribution in [-0.2, 0) is 11.2 Å². The third-order valence-corrected chi connectivity index (χ3v) is 5.59. The number of allylic oxidation sites excluding steroid dienone is 2. The Labute approximate surface area is 199 Å². The lowest BCUT2D eigenvalue weighted by molar-refractivity contribution is -0.113. The minimum absolute atomic E-state index is 0. The SMILES string of the molecule is C.C1CCCC1.CC(=O)/C(N)=C(/CCCCc1c(F)ccc(C)c1N)c1cccnc1.CN. The average molecular weight is 459 g/mol. The zero-order valence-corrected chi connectivity index (χ0v) is 19.8. The minimum atomic E-state index is -0.269. The molecule has 0 spiro atoms. The highest BCUT2D eigenvalue weighted by molar-refractivity contribution is 6.00. The van der Waals surface area contributed by atoms with Crippen LogP contribution in [0.25, 0.3) is 5.57 Å². The fourth-order valence-electron chi connectivity index (χ4n) is 3.68. The molecule has 0 amide bonds. The van der Waals surface area contributed by atoms with E-state index in [1.807, 2.05) is 19.1 Å². The van der Waals surface area contributed by atoms with E-state index in [9.17, 15) is 9.18 Å². The maximum Gasteiger partial charge on any atom is 0.175 e. The van der Waals surface area contributed by atoms with Crippen LogP contribution in [-0.4, -0.2) is 17.8 Å². The van der Waals surface area contributed by atoms with Crippen molar-refractivity contribution in [3.8, 4) is 0 Å². The second-order valence-electron chi connectivity index (χ2n) is 7.92. The van der Waals surface area contributed by atoms with Crippen molar-refractivity contribution in [2.75, 3.05) is 12.8 Å². The number of ketones is 1. The van der Waals surface area contributed by atoms with Crippen molar-refractivity contribution in [3.05, 3.63) is 64.9 Å². The number of halogens is 1. The number of hydrogen-bond donors (Lipinski definition) is 3. The van der Waals surface area contributed by atoms with E-state index in [4.69, 9.17) is 11.5 Å². The van der Waals surface area contributed by atoms with Gasteiger partial charge in [0.05, 0.1) is 5.70 Å². The second-order valence-corrected chi connectivity index (χ2v) is 7.92. The van der Waals surface area contributed by atoms with Crippen LogP contribution in [0.3, 0.4) is 0 Å². The van der Waals surface area contributed by atoms with Crippen molar-refractivity contribution in [2.45, 2.75) is 79.1 Å². The molecule has 1 saturated carbocycles. The molecule has 0 radical (unpaired) electrons. The lowest BCUT2D eigenvalue weighted by Crippen LogP contribution is -2.11. The summed E-state index contributed by atoms with van der Waals surface area (Å²) in [6.07, 6.45) is 13.6. The van der Waals surface area contributed by atoms with Crippen LogP contribution in [0.5, 0.6) is 0 Å². The molecule has 1 aromatic heterocycles. The zero-order valence-electron chi connectivity index (χ0n) is 19.8. The molecule has 6 heteroatoms. The largest absolute Gasteiger partial charge is 0.398 e. The van der Waals surface area contributed by atoms with E-state index in [1.54, 1.807) is 18.5 Å². The molecular formula is C27H43FN4O. The maximum absolute atomic E-state index is 14.0. The molecule has 1 aliphatic rings. The molecule has 6 N–H and O–H groups in total. The monoisotopic (exact) mass is 458 g/mol. The van der Waals surface area contributed by atoms with Crippen LogP contribution in [0.15, 0.2) is 42.4 Å². The number of carbonyl (C=O) groups excluding carboxylic acids is 1. The van der Waals surface area contributed by atoms with Gasteiger partial charge in [0.25, 0.3) is 0 Å². The predicted molar refractivity (Wildman–Crippen MR) is 139 cm³/mol. The quantitative estimate of drug-likeness (QED) is 0.270. The Hall–Kier alpha value is -2.73. The van der Waals surface area contributed by atoms with Crippen molar-refractivity contribution < 1.29 is 9.18 Å². The summed E-state index contributed by atoms with van der Waals surface area (Å²) in [4.78, 5) is 15.8. The van der Waals surface area contributed by atoms with Gasteiger partial charge in [-0.1, -0.05) is 51.7 Å². The lowest BCUT2D eigenvalue weighted by Gasteiger charge is -2.12. The zero-order chi connectivity index (χ0) is 23.9. The van der Waals surface area contributed by atoms with Crippen molar-refractivity contribution in [1.29, 1.82) is 0 Å². The summed E-state index contributed by atoms with van der Waals surface area (Å²) < 4.78 is 14.0. The molecule has 33 heavy (non-hydrogen) atoms. The first-order valence-electron chi connectivity index (χ1n) is 11.4. The molecule has 0 unspecified atom stereocenters. The first kappa shape index (κ1) is 30.3. The molecule has 1 aromatic carbocycles. The van der Waals surface area contributed by atoms with E-state index in [1.165, 1.54) is 52.1 Å². The number of unbranched alkanes of at least 4 members (excludes halogenated alkanes) is 1. The van der Waals surface area contributed by atoms with Crippen LogP contribution in [0.4, 0.5) is 10.1 Å². The molecule has 1 aliphatic carbocycles. The summed E-state index contributed by atoms with van der Waals surface area (Å²) in [7, 11) is 1.50. The highest BCUT2D eigenvalue weighted by atomic mass is 19.1. The molecule has 1 fully saturated rings. The summed E-state index contributed by atoms with van der Waals surface area (Å²) >= 11 is 0. The van der Waals surface area contributed by atoms with Crippen LogP contribution in [0, 0.1) is 12.7 Å². The number of benzene rings is 1. The summed E-state index contributed by atoms with van der Waals surface area (Å²) in [6, 6.07) is 6.84. The highest BCUT2D eigenvalue weighted by Gasteiger charge is 2.12. The summed E-state index contributed by atoms with van der Waals surface area (Å²) in [5, 5.41) is 0. The molecule has 0 aliphatic heterocycles. The summed E-state index contributed by atoms with van der Waals surface area (Å²) in [5.41, 5.74) is 20.3. The van der Waals surface area contributed by atoms with E-state index in [2.05, 4.69) is 10.7 Å². The molecule has 3 rings (SSSR count). The number of aryl methyl sites for hydroxylation is 1. The molecular weight excluding hydrogens is 415 g/mol. The predicted octanol–water partition coefficient (Wildman–Crippen LogP) is 5.94. The number of anilines is 1. The Kier molecular flexibility index (Phi) is 15.4. The summed E-state index contributed by atoms with van der Waals surface area (Å²) in [6.45, 7) is 3.32. The van der Waals surface area contributed by atoms with Crippen molar-refractivity contribution in [2.24, 2.45) is 11.5 Å². The van der Waals surface area contributed by atoms with E-state index in [-0.39, 0.29) is 24.7 Å². The standard InChI is InChI=1S/C20H24FN3O.C5H10.CH5N.CH4/c1-13-9-10-18(21)17(19(13)22)8-4-3-7-16(20(23)14(2)25)15-6-5-11-24-12-15;1-2-4-5-3-1;1-2;/h5-6,9-12H,3-4,7-8,22-23H2,1-2H3;1-5H2;2H2,1H3;1H4/b20-16+;;;. The smallest absolute Gasteiger partial charge is 0.175 e. The number of hydrogen-bond acceptors (Lipinski definition) is 5. The number of Topliss-reactive ketones (excluding diaryl/α,β-unsaturated/α-hetero) is 1. The first-order valence-corrected chi connectivity index (χ1v) is 11.4. The normalized spacial score (nSPS) is 12.9. The van der Waals surface area contributed by atoms with Crippen LogP contribution in [0.1, 0.15) is 82.4 Å². The Bertz CT molecular complexity index is 854. The van der Waals surface area contributed by atoms with Crippen molar-refractivity contribution in [1.82, 2.24) is 4.98 Å². The van der Waals surface area contributed by atoms with Gasteiger partial charge < -0.3 is 17.2 Å². The van der Waals surface area contributed by atoms with Gasteiger partial charge in [-0.25, -0.2) is 4.39 Å². The molecule has 184 valence electrons. The maximum atomic E-state index is 14.0. The van der Waals surface area contributed by atoms with Gasteiger partial charge in [-0.2, -0.15) is 0 Å². The number of aromatic nitrogens is 1. The summed E-state index contributed by atoms with van der Waals surface area (Å²) in [5.74, 6) is -0.429. The Morgan fingerprint density at radius 2 is 1.67 bits per heavy atom. The number of carbonyl (C=O) groups is 1. The van der Waals surface area contributed by atoms with Gasteiger partial charge in [0.1, 0.15) is 5.82 Å². The Morgan fingerprint density at radius 1 is 1.06 bits per heavy atom. The van der Waals surface area contributed by atoms with Gasteiger partial charge in [0.15, 0.2) is 5.78 Å². The number of rotatable bonds is 7. The number of nitrogen functional groups attached to an aromatic ring is 1. The second kappa shape index (κ2) is 16.8. The Morgan fingerprint density at radius 3 is 2.18 bits per heavy atom. The highest BCUT2D eigenvalue weighted by Crippen LogP contribution is 2.26. The number of pyridine rings is 1. The van der Waals surface area contributed by atoms with Crippen molar-refractivity contribution >= 4 is 17.0 Å². The van der Waals surface area contributed by atoms with E-state index < -0.39 is 0 Å². The van der Waals surface area contributed by atoms with Gasteiger partial charge in [0, 0.05) is 30.6 Å². The third-order valence-electron chi connectivity index (χ3n) is 5.59. The molecule has 0 atom stereocenters. The minimum Gasteiger partial charge on any atom is -0.398 e. The van der Waals surface area contributed by atoms with Gasteiger partial charge in [-0.05, 0) is 68.5 Å². The van der Waals surface area contributed by atoms with Gasteiger partial charge in [-0.15, -0.1) is 0 Å². The van der Waals surface area contributed by atoms with Crippen LogP contribution < -0.4 is 17.2 Å². The van der Waals surface area contributed by atoms with Gasteiger partial charge >= 0.3 is 0 Å². The molecule has 2 aromatic rings. The number of nitrogens with two attached hydrogens (primary N) is 3. The average Bonchev–Trinajstić information content (AvgIpc) is 3.40. The fraction of sp³-hybridized carbons (Fsp3) is 0.481. The van der Waals surface area contributed by atoms with E-state index in [0.29, 0.717) is 24.1 Å². The van der Waals surface area contributed by atoms with E-state index >= 15 is 0 Å². The first-order chi connectivity index (χ1) is 15.4. The van der Waals surface area contributed by atoms with Crippen LogP contribution in [0.2, 0.25) is 0 Å². The van der Waals surface area contributed by atoms with Gasteiger partial charge in [0.2, 0.25) is 0 Å². The molecule has 5 nitrogen and oxygen atoms in total. The fourth-order valence-corrected chi connectivity index (χ4v) is 3.68. The van der Waals surface area contributed by atoms with E-state index in [0.717, 1.165) is 29.5 Å². The molecule has 0 bridgehead atoms. The molecule has 1 heterocycles. The molecule has 0 saturated heterocycles. The van der Waals surface area contributed by atoms with Crippen LogP contribution >= 0.6 is 0 Å². The number of nitrogens with zero attached hydrogens (tertiary/aromatic N) is 1. The van der Waals surface area contributed by atoms with Gasteiger partial charge in [-0.3, -0.25) is 9.78 Å². The lowest BCUT2D eigenvalue weighted by atomic mass is 9.96.